The molecule has 0 aromatic carbocycles. The molecule has 0 aliphatic heterocycles. The Labute approximate surface area is 69.3 Å². The van der Waals surface area contributed by atoms with Crippen molar-refractivity contribution < 1.29 is 0 Å². The fourth-order valence-electron chi connectivity index (χ4n) is 0.642. The largest absolute Gasteiger partial charge is 0.388 e. The lowest BCUT2D eigenvalue weighted by Crippen LogP contribution is -2.29. The van der Waals surface area contributed by atoms with Crippen LogP contribution in [-0.2, 0) is 0 Å². The first kappa shape index (κ1) is 10.4. The highest BCUT2D eigenvalue weighted by Crippen LogP contribution is 1.91. The number of aliphatic imine (C=N–C) groups is 1. The highest BCUT2D eigenvalue weighted by atomic mass is 15.1. The first-order valence-electron chi connectivity index (χ1n) is 4.00. The van der Waals surface area contributed by atoms with Gasteiger partial charge in [0.05, 0.1) is 12.4 Å². The van der Waals surface area contributed by atoms with Gasteiger partial charge in [-0.05, 0) is 27.8 Å². The Bertz CT molecular complexity index is 125. The van der Waals surface area contributed by atoms with E-state index in [0.717, 1.165) is 13.1 Å². The molecule has 0 aromatic heterocycles. The molecule has 3 heteroatoms. The van der Waals surface area contributed by atoms with Crippen molar-refractivity contribution in [1.29, 1.82) is 0 Å². The fourth-order valence-corrected chi connectivity index (χ4v) is 0.642. The molecule has 0 aromatic rings. The molecule has 0 saturated carbocycles. The molecular formula is C8H19N3. The van der Waals surface area contributed by atoms with Gasteiger partial charge in [-0.3, -0.25) is 4.99 Å². The molecule has 0 heterocycles. The number of hydrogen-bond donors (Lipinski definition) is 1. The summed E-state index contributed by atoms with van der Waals surface area (Å²) in [7, 11) is 2.09. The molecule has 0 saturated heterocycles. The summed E-state index contributed by atoms with van der Waals surface area (Å²) in [4.78, 5) is 6.34. The molecule has 0 unspecified atom stereocenters. The van der Waals surface area contributed by atoms with Crippen LogP contribution >= 0.6 is 0 Å². The highest BCUT2D eigenvalue weighted by molar-refractivity contribution is 5.77. The lowest BCUT2D eigenvalue weighted by molar-refractivity contribution is 0.282. The second-order valence-corrected chi connectivity index (χ2v) is 3.10. The van der Waals surface area contributed by atoms with Crippen molar-refractivity contribution in [1.82, 2.24) is 4.90 Å². The summed E-state index contributed by atoms with van der Waals surface area (Å²) in [6.45, 7) is 7.93. The number of likely N-dealkylation sites (N-methyl/N-ethyl adjacent to an activating group) is 1. The Morgan fingerprint density at radius 2 is 2.09 bits per heavy atom. The molecular weight excluding hydrogens is 138 g/mol. The minimum Gasteiger partial charge on any atom is -0.388 e. The average molecular weight is 157 g/mol. The van der Waals surface area contributed by atoms with Crippen molar-refractivity contribution in [2.45, 2.75) is 26.8 Å². The summed E-state index contributed by atoms with van der Waals surface area (Å²) in [6.07, 6.45) is 0. The third-order valence-corrected chi connectivity index (χ3v) is 1.70. The maximum absolute atomic E-state index is 5.39. The molecule has 0 rings (SSSR count). The molecule has 0 atom stereocenters. The van der Waals surface area contributed by atoms with Gasteiger partial charge in [0.1, 0.15) is 0 Å². The number of nitrogens with two attached hydrogens (primary N) is 1. The van der Waals surface area contributed by atoms with Crippen LogP contribution in [0.3, 0.4) is 0 Å². The number of nitrogens with zero attached hydrogens (tertiary/aromatic N) is 2. The second kappa shape index (κ2) is 5.13. The molecule has 66 valence electrons. The maximum Gasteiger partial charge on any atom is 0.0906 e. The van der Waals surface area contributed by atoms with Gasteiger partial charge < -0.3 is 10.6 Å². The van der Waals surface area contributed by atoms with Crippen molar-refractivity contribution in [3.8, 4) is 0 Å². The molecule has 0 amide bonds. The average Bonchev–Trinajstić information content (AvgIpc) is 1.86. The highest BCUT2D eigenvalue weighted by Gasteiger charge is 2.00. The summed E-state index contributed by atoms with van der Waals surface area (Å²) in [5.74, 6) is 0.669. The van der Waals surface area contributed by atoms with Gasteiger partial charge in [-0.1, -0.05) is 0 Å². The topological polar surface area (TPSA) is 41.6 Å². The van der Waals surface area contributed by atoms with E-state index in [4.69, 9.17) is 5.73 Å². The smallest absolute Gasteiger partial charge is 0.0906 e. The first-order valence-corrected chi connectivity index (χ1v) is 4.00. The molecule has 0 aliphatic carbocycles. The Morgan fingerprint density at radius 1 is 1.55 bits per heavy atom. The van der Waals surface area contributed by atoms with Gasteiger partial charge >= 0.3 is 0 Å². The van der Waals surface area contributed by atoms with Crippen molar-refractivity contribution >= 4 is 5.84 Å². The van der Waals surface area contributed by atoms with Crippen LogP contribution < -0.4 is 5.73 Å². The zero-order valence-corrected chi connectivity index (χ0v) is 7.96. The molecule has 0 radical (unpaired) electrons. The van der Waals surface area contributed by atoms with Crippen LogP contribution in [0.4, 0.5) is 0 Å². The molecule has 0 bridgehead atoms. The zero-order valence-electron chi connectivity index (χ0n) is 7.96. The molecule has 0 spiro atoms. The van der Waals surface area contributed by atoms with Gasteiger partial charge in [-0.15, -0.1) is 0 Å². The van der Waals surface area contributed by atoms with E-state index < -0.39 is 0 Å². The van der Waals surface area contributed by atoms with Crippen molar-refractivity contribution in [2.75, 3.05) is 20.1 Å². The number of rotatable bonds is 4. The minimum absolute atomic E-state index is 0.586. The third kappa shape index (κ3) is 5.85. The quantitative estimate of drug-likeness (QED) is 0.482. The van der Waals surface area contributed by atoms with Crippen LogP contribution in [0, 0.1) is 0 Å². The lowest BCUT2D eigenvalue weighted by atomic mass is 10.3. The predicted molar refractivity (Wildman–Crippen MR) is 49.9 cm³/mol. The van der Waals surface area contributed by atoms with E-state index in [2.05, 4.69) is 30.8 Å². The third-order valence-electron chi connectivity index (χ3n) is 1.70. The van der Waals surface area contributed by atoms with Crippen LogP contribution in [-0.4, -0.2) is 36.9 Å². The van der Waals surface area contributed by atoms with Crippen LogP contribution in [0.5, 0.6) is 0 Å². The number of amidine groups is 1. The van der Waals surface area contributed by atoms with E-state index in [1.54, 1.807) is 0 Å². The monoisotopic (exact) mass is 157 g/mol. The molecule has 0 fully saturated rings. The summed E-state index contributed by atoms with van der Waals surface area (Å²) in [6, 6.07) is 0.586. The van der Waals surface area contributed by atoms with E-state index in [9.17, 15) is 0 Å². The van der Waals surface area contributed by atoms with Gasteiger partial charge in [0.2, 0.25) is 0 Å². The summed E-state index contributed by atoms with van der Waals surface area (Å²) in [5, 5.41) is 0. The van der Waals surface area contributed by atoms with Crippen LogP contribution in [0.15, 0.2) is 4.99 Å². The van der Waals surface area contributed by atoms with Crippen LogP contribution in [0.1, 0.15) is 20.8 Å². The Balaban J connectivity index is 3.47. The van der Waals surface area contributed by atoms with Crippen molar-refractivity contribution in [2.24, 2.45) is 10.7 Å². The van der Waals surface area contributed by atoms with Gasteiger partial charge in [0.15, 0.2) is 0 Å². The van der Waals surface area contributed by atoms with E-state index in [1.807, 2.05) is 6.92 Å². The maximum atomic E-state index is 5.39. The lowest BCUT2D eigenvalue weighted by Gasteiger charge is -2.19. The Hall–Kier alpha value is -0.570. The number of hydrogen-bond acceptors (Lipinski definition) is 2. The summed E-state index contributed by atoms with van der Waals surface area (Å²) < 4.78 is 0. The van der Waals surface area contributed by atoms with E-state index in [-0.39, 0.29) is 0 Å². The summed E-state index contributed by atoms with van der Waals surface area (Å²) >= 11 is 0. The van der Waals surface area contributed by atoms with E-state index >= 15 is 0 Å². The standard InChI is InChI=1S/C8H19N3/c1-7(2)11(4)6-5-10-8(3)9/h7H,5-6H2,1-4H3,(H2,9,10). The Kier molecular flexibility index (Phi) is 4.86. The Morgan fingerprint density at radius 3 is 2.45 bits per heavy atom. The normalized spacial score (nSPS) is 13.1. The molecule has 0 aliphatic rings. The summed E-state index contributed by atoms with van der Waals surface area (Å²) in [5.41, 5.74) is 5.39. The van der Waals surface area contributed by atoms with Crippen molar-refractivity contribution in [3.63, 3.8) is 0 Å². The first-order chi connectivity index (χ1) is 5.04. The predicted octanol–water partition coefficient (Wildman–Crippen LogP) is 0.704. The zero-order chi connectivity index (χ0) is 8.85. The molecule has 11 heavy (non-hydrogen) atoms. The van der Waals surface area contributed by atoms with Gasteiger partial charge in [-0.2, -0.15) is 0 Å². The van der Waals surface area contributed by atoms with E-state index in [0.29, 0.717) is 11.9 Å². The van der Waals surface area contributed by atoms with Gasteiger partial charge in [0.25, 0.3) is 0 Å². The van der Waals surface area contributed by atoms with Crippen molar-refractivity contribution in [3.05, 3.63) is 0 Å². The van der Waals surface area contributed by atoms with Crippen LogP contribution in [0.2, 0.25) is 0 Å². The van der Waals surface area contributed by atoms with Crippen LogP contribution in [0.25, 0.3) is 0 Å². The second-order valence-electron chi connectivity index (χ2n) is 3.10. The van der Waals surface area contributed by atoms with Gasteiger partial charge in [-0.25, -0.2) is 0 Å². The van der Waals surface area contributed by atoms with E-state index in [1.165, 1.54) is 0 Å². The molecule has 2 N–H and O–H groups in total. The van der Waals surface area contributed by atoms with Gasteiger partial charge in [0, 0.05) is 12.6 Å². The SMILES string of the molecule is CC(N)=NCCN(C)C(C)C. The fraction of sp³-hybridized carbons (Fsp3) is 0.875. The minimum atomic E-state index is 0.586. The molecule has 3 nitrogen and oxygen atoms in total.